The number of amides is 1. The molecule has 1 aromatic rings. The Labute approximate surface area is 116 Å². The van der Waals surface area contributed by atoms with E-state index in [4.69, 9.17) is 5.11 Å². The summed E-state index contributed by atoms with van der Waals surface area (Å²) in [5.74, 6) is 1.83. The van der Waals surface area contributed by atoms with E-state index < -0.39 is 5.97 Å². The van der Waals surface area contributed by atoms with Crippen molar-refractivity contribution in [3.05, 3.63) is 24.0 Å². The number of pyridine rings is 1. The number of carbonyl (C=O) groups excluding carboxylic acids is 1. The highest BCUT2D eigenvalue weighted by atomic mass is 16.4. The smallest absolute Gasteiger partial charge is 0.354 e. The van der Waals surface area contributed by atoms with Gasteiger partial charge in [0, 0.05) is 17.8 Å². The molecule has 0 aliphatic heterocycles. The van der Waals surface area contributed by atoms with Gasteiger partial charge >= 0.3 is 5.97 Å². The van der Waals surface area contributed by atoms with Gasteiger partial charge in [0.05, 0.1) is 0 Å². The van der Waals surface area contributed by atoms with Crippen LogP contribution in [0.5, 0.6) is 0 Å². The van der Waals surface area contributed by atoms with E-state index >= 15 is 0 Å². The topological polar surface area (TPSA) is 79.3 Å². The van der Waals surface area contributed by atoms with Crippen molar-refractivity contribution in [2.45, 2.75) is 19.3 Å². The molecule has 20 heavy (non-hydrogen) atoms. The summed E-state index contributed by atoms with van der Waals surface area (Å²) >= 11 is 0. The number of aromatic nitrogens is 1. The number of rotatable bonds is 3. The third kappa shape index (κ3) is 1.65. The zero-order valence-electron chi connectivity index (χ0n) is 11.0. The van der Waals surface area contributed by atoms with Crippen LogP contribution in [0.3, 0.4) is 0 Å². The molecule has 4 rings (SSSR count). The Kier molecular flexibility index (Phi) is 2.40. The Hall–Kier alpha value is -1.91. The first kappa shape index (κ1) is 11.9. The Balaban J connectivity index is 1.46. The Morgan fingerprint density at radius 2 is 1.95 bits per heavy atom. The largest absolute Gasteiger partial charge is 0.477 e. The number of fused-ring (bicyclic) bond motifs is 5. The molecular formula is C15H16N2O3. The van der Waals surface area contributed by atoms with Crippen molar-refractivity contribution < 1.29 is 14.7 Å². The quantitative estimate of drug-likeness (QED) is 0.882. The molecule has 0 radical (unpaired) electrons. The van der Waals surface area contributed by atoms with Gasteiger partial charge in [-0.15, -0.1) is 0 Å². The number of carbonyl (C=O) groups is 2. The fourth-order valence-electron chi connectivity index (χ4n) is 4.53. The number of hydrogen-bond donors (Lipinski definition) is 2. The number of hydrogen-bond acceptors (Lipinski definition) is 3. The maximum atomic E-state index is 12.3. The molecule has 1 aromatic heterocycles. The zero-order chi connectivity index (χ0) is 13.9. The minimum Gasteiger partial charge on any atom is -0.477 e. The minimum atomic E-state index is -1.08. The normalized spacial score (nSPS) is 36.5. The lowest BCUT2D eigenvalue weighted by Gasteiger charge is -2.09. The first-order valence-electron chi connectivity index (χ1n) is 7.15. The SMILES string of the molecule is O=C(O)c1cc(NC(=O)C2C3C4CCC(C4)C23)ccn1. The van der Waals surface area contributed by atoms with Gasteiger partial charge in [0.25, 0.3) is 0 Å². The summed E-state index contributed by atoms with van der Waals surface area (Å²) in [4.78, 5) is 26.9. The van der Waals surface area contributed by atoms with Crippen LogP contribution in [0.4, 0.5) is 5.69 Å². The third-order valence-corrected chi connectivity index (χ3v) is 5.28. The summed E-state index contributed by atoms with van der Waals surface area (Å²) < 4.78 is 0. The summed E-state index contributed by atoms with van der Waals surface area (Å²) in [6, 6.07) is 3.05. The van der Waals surface area contributed by atoms with Gasteiger partial charge in [-0.05, 0) is 55.1 Å². The molecule has 0 saturated heterocycles. The van der Waals surface area contributed by atoms with Crippen LogP contribution in [-0.2, 0) is 4.79 Å². The molecular weight excluding hydrogens is 256 g/mol. The molecule has 1 heterocycles. The average Bonchev–Trinajstić information content (AvgIpc) is 2.88. The van der Waals surface area contributed by atoms with Crippen LogP contribution in [0.15, 0.2) is 18.3 Å². The van der Waals surface area contributed by atoms with E-state index in [0.717, 1.165) is 11.8 Å². The van der Waals surface area contributed by atoms with Crippen molar-refractivity contribution in [2.24, 2.45) is 29.6 Å². The van der Waals surface area contributed by atoms with E-state index in [1.807, 2.05) is 0 Å². The van der Waals surface area contributed by atoms with Crippen LogP contribution < -0.4 is 5.32 Å². The molecule has 3 saturated carbocycles. The van der Waals surface area contributed by atoms with Crippen molar-refractivity contribution in [3.8, 4) is 0 Å². The number of carboxylic acid groups (broad SMARTS) is 1. The molecule has 2 N–H and O–H groups in total. The Bertz CT molecular complexity index is 585. The second-order valence-corrected chi connectivity index (χ2v) is 6.24. The van der Waals surface area contributed by atoms with Crippen molar-refractivity contribution in [3.63, 3.8) is 0 Å². The number of aromatic carboxylic acids is 1. The lowest BCUT2D eigenvalue weighted by Crippen LogP contribution is -2.19. The molecule has 104 valence electrons. The van der Waals surface area contributed by atoms with E-state index in [9.17, 15) is 9.59 Å². The predicted molar refractivity (Wildman–Crippen MR) is 71.1 cm³/mol. The summed E-state index contributed by atoms with van der Waals surface area (Å²) in [6.07, 6.45) is 5.30. The number of carboxylic acids is 1. The molecule has 3 aliphatic carbocycles. The molecule has 0 spiro atoms. The first-order valence-corrected chi connectivity index (χ1v) is 7.15. The number of nitrogens with zero attached hydrogens (tertiary/aromatic N) is 1. The highest BCUT2D eigenvalue weighted by Gasteiger charge is 2.67. The maximum Gasteiger partial charge on any atom is 0.354 e. The van der Waals surface area contributed by atoms with Crippen LogP contribution in [0.25, 0.3) is 0 Å². The van der Waals surface area contributed by atoms with Crippen molar-refractivity contribution in [1.29, 1.82) is 0 Å². The molecule has 0 aromatic carbocycles. The van der Waals surface area contributed by atoms with Gasteiger partial charge in [-0.2, -0.15) is 0 Å². The van der Waals surface area contributed by atoms with Crippen LogP contribution >= 0.6 is 0 Å². The standard InChI is InChI=1S/C15H16N2O3/c18-14(13-11-7-1-2-8(5-7)12(11)13)17-9-3-4-16-10(6-9)15(19)20/h3-4,6-8,11-13H,1-2,5H2,(H,19,20)(H,16,17,18). The van der Waals surface area contributed by atoms with Crippen molar-refractivity contribution in [2.75, 3.05) is 5.32 Å². The van der Waals surface area contributed by atoms with E-state index in [2.05, 4.69) is 10.3 Å². The number of anilines is 1. The molecule has 1 amide bonds. The number of nitrogens with one attached hydrogen (secondary N) is 1. The van der Waals surface area contributed by atoms with Crippen LogP contribution in [-0.4, -0.2) is 22.0 Å². The zero-order valence-corrected chi connectivity index (χ0v) is 11.0. The van der Waals surface area contributed by atoms with Gasteiger partial charge < -0.3 is 10.4 Å². The third-order valence-electron chi connectivity index (χ3n) is 5.28. The lowest BCUT2D eigenvalue weighted by atomic mass is 10.0. The predicted octanol–water partition coefficient (Wildman–Crippen LogP) is 2.01. The maximum absolute atomic E-state index is 12.3. The van der Waals surface area contributed by atoms with Crippen LogP contribution in [0, 0.1) is 29.6 Å². The van der Waals surface area contributed by atoms with Crippen molar-refractivity contribution in [1.82, 2.24) is 4.98 Å². The Morgan fingerprint density at radius 1 is 1.25 bits per heavy atom. The van der Waals surface area contributed by atoms with Gasteiger partial charge in [0.2, 0.25) is 5.91 Å². The highest BCUT2D eigenvalue weighted by Crippen LogP contribution is 2.69. The second kappa shape index (κ2) is 4.04. The fraction of sp³-hybridized carbons (Fsp3) is 0.533. The Morgan fingerprint density at radius 3 is 2.60 bits per heavy atom. The molecule has 4 atom stereocenters. The van der Waals surface area contributed by atoms with Gasteiger partial charge in [-0.1, -0.05) is 0 Å². The average molecular weight is 272 g/mol. The van der Waals surface area contributed by atoms with E-state index in [1.54, 1.807) is 6.07 Å². The molecule has 3 aliphatic rings. The van der Waals surface area contributed by atoms with E-state index in [0.29, 0.717) is 17.5 Å². The molecule has 4 unspecified atom stereocenters. The monoisotopic (exact) mass is 272 g/mol. The lowest BCUT2D eigenvalue weighted by molar-refractivity contribution is -0.118. The van der Waals surface area contributed by atoms with Gasteiger partial charge in [0.15, 0.2) is 0 Å². The summed E-state index contributed by atoms with van der Waals surface area (Å²) in [7, 11) is 0. The van der Waals surface area contributed by atoms with Crippen molar-refractivity contribution >= 4 is 17.6 Å². The fourth-order valence-corrected chi connectivity index (χ4v) is 4.53. The van der Waals surface area contributed by atoms with Gasteiger partial charge in [0.1, 0.15) is 5.69 Å². The molecule has 5 nitrogen and oxygen atoms in total. The first-order chi connectivity index (χ1) is 9.65. The van der Waals surface area contributed by atoms with E-state index in [1.165, 1.54) is 31.5 Å². The highest BCUT2D eigenvalue weighted by molar-refractivity contribution is 5.96. The second-order valence-electron chi connectivity index (χ2n) is 6.24. The summed E-state index contributed by atoms with van der Waals surface area (Å²) in [6.45, 7) is 0. The van der Waals surface area contributed by atoms with Gasteiger partial charge in [-0.3, -0.25) is 4.79 Å². The van der Waals surface area contributed by atoms with E-state index in [-0.39, 0.29) is 17.5 Å². The molecule has 2 bridgehead atoms. The van der Waals surface area contributed by atoms with Crippen LogP contribution in [0.2, 0.25) is 0 Å². The summed E-state index contributed by atoms with van der Waals surface area (Å²) in [5, 5.41) is 11.8. The van der Waals surface area contributed by atoms with Gasteiger partial charge in [-0.25, -0.2) is 9.78 Å². The molecule has 5 heteroatoms. The minimum absolute atomic E-state index is 0.0427. The van der Waals surface area contributed by atoms with Crippen LogP contribution in [0.1, 0.15) is 29.8 Å². The summed E-state index contributed by atoms with van der Waals surface area (Å²) in [5.41, 5.74) is 0.485. The molecule has 3 fully saturated rings.